The van der Waals surface area contributed by atoms with Gasteiger partial charge in [0.2, 0.25) is 5.95 Å². The summed E-state index contributed by atoms with van der Waals surface area (Å²) in [5.41, 5.74) is 12.8. The van der Waals surface area contributed by atoms with Crippen LogP contribution in [0.3, 0.4) is 0 Å². The number of nitrogens with two attached hydrogens (primary N) is 2. The Kier molecular flexibility index (Phi) is 3.33. The number of methoxy groups -OCH3 is 1. The second-order valence-corrected chi connectivity index (χ2v) is 3.96. The van der Waals surface area contributed by atoms with Crippen LogP contribution in [0.1, 0.15) is 16.1 Å². The lowest BCUT2D eigenvalue weighted by molar-refractivity contribution is 0.0999. The first-order chi connectivity index (χ1) is 9.04. The summed E-state index contributed by atoms with van der Waals surface area (Å²) in [5.74, 6) is 0.0734. The van der Waals surface area contributed by atoms with Crippen LogP contribution in [0.4, 0.5) is 5.95 Å². The van der Waals surface area contributed by atoms with E-state index in [2.05, 4.69) is 9.97 Å². The van der Waals surface area contributed by atoms with Crippen molar-refractivity contribution in [2.45, 2.75) is 6.92 Å². The van der Waals surface area contributed by atoms with E-state index in [0.717, 1.165) is 0 Å². The Morgan fingerprint density at radius 1 is 1.26 bits per heavy atom. The lowest BCUT2D eigenvalue weighted by Crippen LogP contribution is -2.17. The summed E-state index contributed by atoms with van der Waals surface area (Å²) >= 11 is 0. The predicted octanol–water partition coefficient (Wildman–Crippen LogP) is 1.14. The number of anilines is 1. The summed E-state index contributed by atoms with van der Waals surface area (Å²) in [4.78, 5) is 19.7. The van der Waals surface area contributed by atoms with Crippen molar-refractivity contribution in [3.63, 3.8) is 0 Å². The van der Waals surface area contributed by atoms with Crippen LogP contribution < -0.4 is 16.2 Å². The molecule has 0 spiro atoms. The minimum Gasteiger partial charge on any atom is -0.496 e. The van der Waals surface area contributed by atoms with Gasteiger partial charge in [0.1, 0.15) is 5.75 Å². The number of aryl methyl sites for hydroxylation is 1. The fourth-order valence-corrected chi connectivity index (χ4v) is 1.92. The SMILES string of the molecule is COc1ccccc1-c1nc(N)nc(C)c1C(N)=O. The van der Waals surface area contributed by atoms with E-state index in [9.17, 15) is 4.79 Å². The van der Waals surface area contributed by atoms with Gasteiger partial charge in [0.05, 0.1) is 24.1 Å². The molecule has 4 N–H and O–H groups in total. The number of aromatic nitrogens is 2. The van der Waals surface area contributed by atoms with Crippen molar-refractivity contribution < 1.29 is 9.53 Å². The molecule has 19 heavy (non-hydrogen) atoms. The summed E-state index contributed by atoms with van der Waals surface area (Å²) in [7, 11) is 1.54. The Labute approximate surface area is 110 Å². The van der Waals surface area contributed by atoms with Crippen LogP contribution in [0.25, 0.3) is 11.3 Å². The number of nitrogen functional groups attached to an aromatic ring is 1. The van der Waals surface area contributed by atoms with E-state index in [4.69, 9.17) is 16.2 Å². The number of hydrogen-bond acceptors (Lipinski definition) is 5. The molecule has 1 amide bonds. The van der Waals surface area contributed by atoms with Crippen molar-refractivity contribution >= 4 is 11.9 Å². The lowest BCUT2D eigenvalue weighted by Gasteiger charge is -2.12. The minimum atomic E-state index is -0.599. The Balaban J connectivity index is 2.77. The van der Waals surface area contributed by atoms with Gasteiger partial charge in [0.25, 0.3) is 5.91 Å². The number of carbonyl (C=O) groups excluding carboxylic acids is 1. The zero-order valence-corrected chi connectivity index (χ0v) is 10.7. The van der Waals surface area contributed by atoms with Gasteiger partial charge in [-0.2, -0.15) is 0 Å². The van der Waals surface area contributed by atoms with Gasteiger partial charge in [-0.25, -0.2) is 9.97 Å². The summed E-state index contributed by atoms with van der Waals surface area (Å²) < 4.78 is 5.26. The second-order valence-electron chi connectivity index (χ2n) is 3.96. The number of para-hydroxylation sites is 1. The molecule has 0 atom stereocenters. The van der Waals surface area contributed by atoms with Crippen molar-refractivity contribution in [2.75, 3.05) is 12.8 Å². The van der Waals surface area contributed by atoms with E-state index in [1.807, 2.05) is 12.1 Å². The Morgan fingerprint density at radius 2 is 1.95 bits per heavy atom. The normalized spacial score (nSPS) is 10.2. The third-order valence-electron chi connectivity index (χ3n) is 2.72. The number of carbonyl (C=O) groups is 1. The molecule has 6 nitrogen and oxygen atoms in total. The summed E-state index contributed by atoms with van der Waals surface area (Å²) in [6.45, 7) is 1.66. The van der Waals surface area contributed by atoms with Crippen LogP contribution in [0, 0.1) is 6.92 Å². The standard InChI is InChI=1S/C13H14N4O2/c1-7-10(12(14)18)11(17-13(15)16-7)8-5-3-4-6-9(8)19-2/h3-6H,1-2H3,(H2,14,18)(H2,15,16,17). The van der Waals surface area contributed by atoms with Crippen LogP contribution in [0.5, 0.6) is 5.75 Å². The minimum absolute atomic E-state index is 0.0865. The maximum atomic E-state index is 11.6. The van der Waals surface area contributed by atoms with Gasteiger partial charge in [0.15, 0.2) is 0 Å². The van der Waals surface area contributed by atoms with Crippen molar-refractivity contribution in [3.8, 4) is 17.0 Å². The zero-order chi connectivity index (χ0) is 14.0. The molecule has 0 saturated carbocycles. The van der Waals surface area contributed by atoms with Crippen LogP contribution >= 0.6 is 0 Å². The Bertz CT molecular complexity index is 641. The van der Waals surface area contributed by atoms with Gasteiger partial charge in [0, 0.05) is 5.56 Å². The largest absolute Gasteiger partial charge is 0.496 e. The molecule has 0 radical (unpaired) electrons. The number of nitrogens with zero attached hydrogens (tertiary/aromatic N) is 2. The average molecular weight is 258 g/mol. The van der Waals surface area contributed by atoms with Gasteiger partial charge >= 0.3 is 0 Å². The van der Waals surface area contributed by atoms with Crippen LogP contribution in [-0.4, -0.2) is 23.0 Å². The first kappa shape index (κ1) is 12.8. The number of rotatable bonds is 3. The van der Waals surface area contributed by atoms with E-state index >= 15 is 0 Å². The highest BCUT2D eigenvalue weighted by molar-refractivity contribution is 6.00. The molecule has 6 heteroatoms. The van der Waals surface area contributed by atoms with E-state index in [1.54, 1.807) is 26.2 Å². The maximum Gasteiger partial charge on any atom is 0.252 e. The Hall–Kier alpha value is -2.63. The molecule has 1 aromatic heterocycles. The zero-order valence-electron chi connectivity index (χ0n) is 10.7. The first-order valence-corrected chi connectivity index (χ1v) is 5.62. The van der Waals surface area contributed by atoms with Gasteiger partial charge in [-0.15, -0.1) is 0 Å². The molecule has 0 aliphatic carbocycles. The quantitative estimate of drug-likeness (QED) is 0.859. The first-order valence-electron chi connectivity index (χ1n) is 5.62. The van der Waals surface area contributed by atoms with Crippen molar-refractivity contribution in [2.24, 2.45) is 5.73 Å². The fraction of sp³-hybridized carbons (Fsp3) is 0.154. The molecule has 0 aliphatic rings. The van der Waals surface area contributed by atoms with Gasteiger partial charge < -0.3 is 16.2 Å². The third kappa shape index (κ3) is 2.33. The fourth-order valence-electron chi connectivity index (χ4n) is 1.92. The van der Waals surface area contributed by atoms with E-state index in [1.165, 1.54) is 0 Å². The number of ether oxygens (including phenoxy) is 1. The third-order valence-corrected chi connectivity index (χ3v) is 2.72. The summed E-state index contributed by atoms with van der Waals surface area (Å²) in [6, 6.07) is 7.19. The average Bonchev–Trinajstić information content (AvgIpc) is 2.37. The molecule has 0 unspecified atom stereocenters. The molecular formula is C13H14N4O2. The van der Waals surface area contributed by atoms with Crippen molar-refractivity contribution in [3.05, 3.63) is 35.5 Å². The maximum absolute atomic E-state index is 11.6. The Morgan fingerprint density at radius 3 is 2.58 bits per heavy atom. The highest BCUT2D eigenvalue weighted by atomic mass is 16.5. The summed E-state index contributed by atoms with van der Waals surface area (Å²) in [5, 5.41) is 0. The van der Waals surface area contributed by atoms with E-state index < -0.39 is 5.91 Å². The smallest absolute Gasteiger partial charge is 0.252 e. The lowest BCUT2D eigenvalue weighted by atomic mass is 10.0. The van der Waals surface area contributed by atoms with Gasteiger partial charge in [-0.05, 0) is 19.1 Å². The van der Waals surface area contributed by atoms with Crippen LogP contribution in [-0.2, 0) is 0 Å². The molecule has 2 rings (SSSR count). The molecule has 1 heterocycles. The molecule has 2 aromatic rings. The van der Waals surface area contributed by atoms with Crippen molar-refractivity contribution in [1.82, 2.24) is 9.97 Å². The highest BCUT2D eigenvalue weighted by Crippen LogP contribution is 2.31. The summed E-state index contributed by atoms with van der Waals surface area (Å²) in [6.07, 6.45) is 0. The molecule has 98 valence electrons. The molecule has 0 aliphatic heterocycles. The monoisotopic (exact) mass is 258 g/mol. The molecule has 0 fully saturated rings. The predicted molar refractivity (Wildman–Crippen MR) is 71.7 cm³/mol. The van der Waals surface area contributed by atoms with Gasteiger partial charge in [-0.3, -0.25) is 4.79 Å². The molecular weight excluding hydrogens is 244 g/mol. The van der Waals surface area contributed by atoms with Crippen molar-refractivity contribution in [1.29, 1.82) is 0 Å². The number of primary amides is 1. The van der Waals surface area contributed by atoms with E-state index in [-0.39, 0.29) is 11.5 Å². The number of benzene rings is 1. The molecule has 0 bridgehead atoms. The molecule has 1 aromatic carbocycles. The number of hydrogen-bond donors (Lipinski definition) is 2. The second kappa shape index (κ2) is 4.93. The van der Waals surface area contributed by atoms with E-state index in [0.29, 0.717) is 22.7 Å². The van der Waals surface area contributed by atoms with Crippen LogP contribution in [0.2, 0.25) is 0 Å². The highest BCUT2D eigenvalue weighted by Gasteiger charge is 2.19. The van der Waals surface area contributed by atoms with Crippen LogP contribution in [0.15, 0.2) is 24.3 Å². The number of amides is 1. The molecule has 0 saturated heterocycles. The van der Waals surface area contributed by atoms with Gasteiger partial charge in [-0.1, -0.05) is 12.1 Å². The topological polar surface area (TPSA) is 104 Å².